The van der Waals surface area contributed by atoms with Gasteiger partial charge < -0.3 is 29.3 Å². The van der Waals surface area contributed by atoms with Crippen molar-refractivity contribution >= 4 is 29.9 Å². The van der Waals surface area contributed by atoms with Crippen LogP contribution in [0.2, 0.25) is 0 Å². The fraction of sp³-hybridized carbons (Fsp3) is 0.696. The first-order valence-electron chi connectivity index (χ1n) is 11.2. The van der Waals surface area contributed by atoms with E-state index in [1.807, 2.05) is 19.2 Å². The van der Waals surface area contributed by atoms with Gasteiger partial charge in [-0.05, 0) is 43.6 Å². The molecular weight excluding hydrogens is 507 g/mol. The molecule has 1 aromatic carbocycles. The van der Waals surface area contributed by atoms with Crippen LogP contribution in [0, 0.1) is 5.41 Å². The molecule has 0 amide bonds. The van der Waals surface area contributed by atoms with Crippen LogP contribution in [0.15, 0.2) is 23.2 Å². The zero-order valence-corrected chi connectivity index (χ0v) is 21.8. The molecular formula is C23H39IN4O3. The van der Waals surface area contributed by atoms with Gasteiger partial charge in [-0.15, -0.1) is 24.0 Å². The Hall–Kier alpha value is -1.26. The number of hydrogen-bond donors (Lipinski definition) is 1. The number of methoxy groups -OCH3 is 1. The lowest BCUT2D eigenvalue weighted by Crippen LogP contribution is -2.41. The highest BCUT2D eigenvalue weighted by Crippen LogP contribution is 2.38. The Balaban J connectivity index is 0.00000341. The van der Waals surface area contributed by atoms with Gasteiger partial charge in [-0.3, -0.25) is 4.99 Å². The lowest BCUT2D eigenvalue weighted by atomic mass is 9.87. The lowest BCUT2D eigenvalue weighted by molar-refractivity contribution is 0.156. The van der Waals surface area contributed by atoms with Crippen LogP contribution in [0.5, 0.6) is 11.5 Å². The van der Waals surface area contributed by atoms with Gasteiger partial charge in [-0.2, -0.15) is 0 Å². The minimum Gasteiger partial charge on any atom is -0.493 e. The van der Waals surface area contributed by atoms with Crippen molar-refractivity contribution in [3.63, 3.8) is 0 Å². The molecule has 2 saturated heterocycles. The summed E-state index contributed by atoms with van der Waals surface area (Å²) in [5, 5.41) is 3.51. The fourth-order valence-electron chi connectivity index (χ4n) is 4.37. The lowest BCUT2D eigenvalue weighted by Gasteiger charge is -2.25. The van der Waals surface area contributed by atoms with Gasteiger partial charge in [0.25, 0.3) is 0 Å². The molecule has 2 aliphatic heterocycles. The van der Waals surface area contributed by atoms with E-state index in [2.05, 4.69) is 40.0 Å². The molecule has 1 spiro atoms. The monoisotopic (exact) mass is 546 g/mol. The summed E-state index contributed by atoms with van der Waals surface area (Å²) in [4.78, 5) is 9.20. The van der Waals surface area contributed by atoms with Gasteiger partial charge >= 0.3 is 0 Å². The zero-order chi connectivity index (χ0) is 21.4. The summed E-state index contributed by atoms with van der Waals surface area (Å²) in [6.07, 6.45) is 2.34. The molecule has 0 saturated carbocycles. The van der Waals surface area contributed by atoms with Crippen LogP contribution in [0.1, 0.15) is 32.3 Å². The Morgan fingerprint density at radius 3 is 2.71 bits per heavy atom. The van der Waals surface area contributed by atoms with Crippen LogP contribution in [0.3, 0.4) is 0 Å². The first-order chi connectivity index (χ1) is 14.6. The number of nitrogens with one attached hydrogen (secondary N) is 1. The Labute approximate surface area is 204 Å². The van der Waals surface area contributed by atoms with Crippen LogP contribution >= 0.6 is 24.0 Å². The number of likely N-dealkylation sites (tertiary alicyclic amines) is 1. The molecule has 3 rings (SSSR count). The van der Waals surface area contributed by atoms with Crippen molar-refractivity contribution in [1.29, 1.82) is 0 Å². The Morgan fingerprint density at radius 2 is 2.06 bits per heavy atom. The van der Waals surface area contributed by atoms with E-state index in [-0.39, 0.29) is 24.0 Å². The average Bonchev–Trinajstić information content (AvgIpc) is 3.42. The molecule has 1 atom stereocenters. The minimum atomic E-state index is 0. The third-order valence-electron chi connectivity index (χ3n) is 6.37. The van der Waals surface area contributed by atoms with E-state index in [1.54, 1.807) is 7.11 Å². The van der Waals surface area contributed by atoms with E-state index in [9.17, 15) is 0 Å². The molecule has 0 aliphatic carbocycles. The van der Waals surface area contributed by atoms with E-state index >= 15 is 0 Å². The summed E-state index contributed by atoms with van der Waals surface area (Å²) < 4.78 is 17.2. The predicted octanol–water partition coefficient (Wildman–Crippen LogP) is 3.22. The first-order valence-corrected chi connectivity index (χ1v) is 11.2. The normalized spacial score (nSPS) is 20.9. The maximum Gasteiger partial charge on any atom is 0.193 e. The average molecular weight is 546 g/mol. The van der Waals surface area contributed by atoms with Gasteiger partial charge in [0.1, 0.15) is 6.61 Å². The van der Waals surface area contributed by atoms with Crippen LogP contribution in [-0.2, 0) is 11.3 Å². The van der Waals surface area contributed by atoms with Gasteiger partial charge in [-0.25, -0.2) is 0 Å². The fourth-order valence-corrected chi connectivity index (χ4v) is 4.37. The number of rotatable bonds is 9. The Morgan fingerprint density at radius 1 is 1.26 bits per heavy atom. The smallest absolute Gasteiger partial charge is 0.193 e. The van der Waals surface area contributed by atoms with Gasteiger partial charge in [0.15, 0.2) is 17.5 Å². The Kier molecular flexibility index (Phi) is 10.6. The van der Waals surface area contributed by atoms with Crippen molar-refractivity contribution in [3.05, 3.63) is 23.8 Å². The molecule has 0 radical (unpaired) electrons. The predicted molar refractivity (Wildman–Crippen MR) is 136 cm³/mol. The number of guanidine groups is 1. The highest BCUT2D eigenvalue weighted by atomic mass is 127. The van der Waals surface area contributed by atoms with Crippen molar-refractivity contribution in [2.75, 3.05) is 66.7 Å². The topological polar surface area (TPSA) is 58.6 Å². The first kappa shape index (κ1) is 26.0. The third kappa shape index (κ3) is 6.86. The molecule has 0 aromatic heterocycles. The number of ether oxygens (including phenoxy) is 3. The molecule has 8 heteroatoms. The highest BCUT2D eigenvalue weighted by molar-refractivity contribution is 14.0. The molecule has 2 aliphatic rings. The maximum absolute atomic E-state index is 5.97. The largest absolute Gasteiger partial charge is 0.493 e. The van der Waals surface area contributed by atoms with E-state index < -0.39 is 0 Å². The molecule has 1 aromatic rings. The second-order valence-electron chi connectivity index (χ2n) is 8.24. The minimum absolute atomic E-state index is 0. The zero-order valence-electron chi connectivity index (χ0n) is 19.5. The summed E-state index contributed by atoms with van der Waals surface area (Å²) in [6.45, 7) is 12.5. The van der Waals surface area contributed by atoms with E-state index in [1.165, 1.54) is 6.42 Å². The number of likely N-dealkylation sites (N-methyl/N-ethyl adjacent to an activating group) is 1. The van der Waals surface area contributed by atoms with Gasteiger partial charge in [-0.1, -0.05) is 19.9 Å². The summed E-state index contributed by atoms with van der Waals surface area (Å²) in [7, 11) is 3.54. The van der Waals surface area contributed by atoms with Crippen LogP contribution < -0.4 is 14.8 Å². The summed E-state index contributed by atoms with van der Waals surface area (Å²) in [6, 6.07) is 6.14. The van der Waals surface area contributed by atoms with Gasteiger partial charge in [0.05, 0.1) is 13.7 Å². The van der Waals surface area contributed by atoms with Crippen LogP contribution in [0.25, 0.3) is 0 Å². The number of nitrogens with zero attached hydrogens (tertiary/aromatic N) is 3. The summed E-state index contributed by atoms with van der Waals surface area (Å²) >= 11 is 0. The Bertz CT molecular complexity index is 706. The molecule has 1 unspecified atom stereocenters. The summed E-state index contributed by atoms with van der Waals surface area (Å²) in [5.74, 6) is 2.52. The molecule has 31 heavy (non-hydrogen) atoms. The van der Waals surface area contributed by atoms with E-state index in [0.29, 0.717) is 18.6 Å². The number of aliphatic imine (C=N–C) groups is 1. The second-order valence-corrected chi connectivity index (χ2v) is 8.24. The van der Waals surface area contributed by atoms with E-state index in [0.717, 1.165) is 75.4 Å². The molecule has 7 nitrogen and oxygen atoms in total. The highest BCUT2D eigenvalue weighted by Gasteiger charge is 2.42. The molecule has 176 valence electrons. The summed E-state index contributed by atoms with van der Waals surface area (Å²) in [5.41, 5.74) is 1.47. The number of hydrogen-bond acceptors (Lipinski definition) is 5. The van der Waals surface area contributed by atoms with Crippen molar-refractivity contribution in [1.82, 2.24) is 15.1 Å². The van der Waals surface area contributed by atoms with Crippen molar-refractivity contribution < 1.29 is 14.2 Å². The van der Waals surface area contributed by atoms with Crippen molar-refractivity contribution in [2.24, 2.45) is 10.4 Å². The molecule has 0 bridgehead atoms. The number of benzene rings is 1. The van der Waals surface area contributed by atoms with Gasteiger partial charge in [0.2, 0.25) is 0 Å². The molecule has 2 fully saturated rings. The standard InChI is InChI=1S/C23H38N4O3.HI/c1-5-26(6-2)12-14-30-20-8-7-19(15-21(20)28-4)16-25-22(24-3)27-11-9-23(17-27)10-13-29-18-23;/h7-8,15H,5-6,9-14,16-18H2,1-4H3,(H,24,25);1H. The van der Waals surface area contributed by atoms with Gasteiger partial charge in [0, 0.05) is 45.2 Å². The quantitative estimate of drug-likeness (QED) is 0.292. The second kappa shape index (κ2) is 12.7. The van der Waals surface area contributed by atoms with E-state index in [4.69, 9.17) is 14.2 Å². The third-order valence-corrected chi connectivity index (χ3v) is 6.37. The maximum atomic E-state index is 5.97. The number of halogens is 1. The van der Waals surface area contributed by atoms with Crippen molar-refractivity contribution in [2.45, 2.75) is 33.2 Å². The molecule has 2 heterocycles. The van der Waals surface area contributed by atoms with Crippen molar-refractivity contribution in [3.8, 4) is 11.5 Å². The van der Waals surface area contributed by atoms with Crippen LogP contribution in [0.4, 0.5) is 0 Å². The molecule has 1 N–H and O–H groups in total. The SMILES string of the molecule is CCN(CC)CCOc1ccc(CNC(=NC)N2CCC3(CCOC3)C2)cc1OC.I. The van der Waals surface area contributed by atoms with Crippen LogP contribution in [-0.4, -0.2) is 82.5 Å².